The molecule has 0 bridgehead atoms. The predicted molar refractivity (Wildman–Crippen MR) is 157 cm³/mol. The molecule has 0 amide bonds. The summed E-state index contributed by atoms with van der Waals surface area (Å²) in [6.07, 6.45) is 1.52. The first-order valence-electron chi connectivity index (χ1n) is 13.6. The topological polar surface area (TPSA) is 91.8 Å². The number of benzene rings is 4. The summed E-state index contributed by atoms with van der Waals surface area (Å²) in [7, 11) is 0. The Balaban J connectivity index is 1.29. The van der Waals surface area contributed by atoms with Crippen molar-refractivity contribution >= 4 is 16.6 Å². The second-order valence-electron chi connectivity index (χ2n) is 10.2. The maximum absolute atomic E-state index is 13.6. The summed E-state index contributed by atoms with van der Waals surface area (Å²) >= 11 is 0. The number of halogens is 1. The van der Waals surface area contributed by atoms with Gasteiger partial charge in [0.25, 0.3) is 0 Å². The van der Waals surface area contributed by atoms with Crippen molar-refractivity contribution in [2.24, 2.45) is 0 Å². The average Bonchev–Trinajstić information content (AvgIpc) is 3.49. The minimum Gasteiger partial charge on any atom is -0.489 e. The van der Waals surface area contributed by atoms with E-state index in [0.717, 1.165) is 11.1 Å². The van der Waals surface area contributed by atoms with Gasteiger partial charge < -0.3 is 13.9 Å². The molecule has 4 heterocycles. The lowest BCUT2D eigenvalue weighted by Gasteiger charge is -2.27. The zero-order valence-electron chi connectivity index (χ0n) is 22.5. The number of nitrogens with zero attached hydrogens (tertiary/aromatic N) is 4. The van der Waals surface area contributed by atoms with Gasteiger partial charge in [0.1, 0.15) is 30.1 Å². The summed E-state index contributed by atoms with van der Waals surface area (Å²) in [5, 5.41) is 5.25. The van der Waals surface area contributed by atoms with Gasteiger partial charge in [-0.05, 0) is 59.7 Å². The molecule has 9 heteroatoms. The summed E-state index contributed by atoms with van der Waals surface area (Å²) in [5.41, 5.74) is 3.74. The van der Waals surface area contributed by atoms with Crippen LogP contribution in [0.1, 0.15) is 28.2 Å². The number of ether oxygens (including phenoxy) is 2. The molecule has 0 N–H and O–H groups in total. The maximum Gasteiger partial charge on any atom is 0.344 e. The van der Waals surface area contributed by atoms with Gasteiger partial charge in [0, 0.05) is 5.56 Å². The highest BCUT2D eigenvalue weighted by Crippen LogP contribution is 2.49. The highest BCUT2D eigenvalue weighted by molar-refractivity contribution is 5.87. The summed E-state index contributed by atoms with van der Waals surface area (Å²) in [6.45, 7) is 0.426. The van der Waals surface area contributed by atoms with Crippen molar-refractivity contribution in [2.45, 2.75) is 12.5 Å². The van der Waals surface area contributed by atoms with E-state index in [1.807, 2.05) is 66.7 Å². The molecule has 43 heavy (non-hydrogen) atoms. The Kier molecular flexibility index (Phi) is 5.75. The van der Waals surface area contributed by atoms with Crippen LogP contribution in [-0.2, 0) is 6.61 Å². The molecule has 3 aromatic heterocycles. The Morgan fingerprint density at radius 3 is 2.44 bits per heavy atom. The van der Waals surface area contributed by atoms with Crippen LogP contribution in [0.4, 0.5) is 4.39 Å². The molecule has 1 atom stereocenters. The van der Waals surface area contributed by atoms with Crippen LogP contribution in [0, 0.1) is 5.82 Å². The average molecular weight is 569 g/mol. The maximum atomic E-state index is 13.6. The van der Waals surface area contributed by atoms with Crippen molar-refractivity contribution in [3.8, 4) is 28.8 Å². The zero-order chi connectivity index (χ0) is 28.9. The molecule has 7 aromatic rings. The van der Waals surface area contributed by atoms with Crippen LogP contribution < -0.4 is 15.1 Å². The van der Waals surface area contributed by atoms with Crippen LogP contribution in [0.2, 0.25) is 0 Å². The molecule has 0 radical (unpaired) electrons. The third-order valence-electron chi connectivity index (χ3n) is 7.53. The van der Waals surface area contributed by atoms with E-state index in [1.54, 1.807) is 28.8 Å². The van der Waals surface area contributed by atoms with Crippen LogP contribution in [0.5, 0.6) is 17.4 Å². The van der Waals surface area contributed by atoms with Crippen molar-refractivity contribution in [1.29, 1.82) is 0 Å². The molecular formula is C34H21FN4O4. The molecule has 1 aliphatic rings. The van der Waals surface area contributed by atoms with Gasteiger partial charge in [-0.15, -0.1) is 5.10 Å². The Hall–Kier alpha value is -5.83. The van der Waals surface area contributed by atoms with Crippen molar-refractivity contribution in [3.63, 3.8) is 0 Å². The van der Waals surface area contributed by atoms with E-state index < -0.39 is 11.5 Å². The largest absolute Gasteiger partial charge is 0.489 e. The number of fused-ring (bicyclic) bond motifs is 6. The fourth-order valence-electron chi connectivity index (χ4n) is 5.48. The predicted octanol–water partition coefficient (Wildman–Crippen LogP) is 6.90. The molecule has 0 aliphatic carbocycles. The molecule has 4 aromatic carbocycles. The number of hydrogen-bond donors (Lipinski definition) is 0. The monoisotopic (exact) mass is 568 g/mol. The van der Waals surface area contributed by atoms with E-state index in [2.05, 4.69) is 10.1 Å². The van der Waals surface area contributed by atoms with Crippen molar-refractivity contribution in [1.82, 2.24) is 19.6 Å². The van der Waals surface area contributed by atoms with Gasteiger partial charge in [0.2, 0.25) is 5.88 Å². The minimum absolute atomic E-state index is 0.309. The zero-order valence-corrected chi connectivity index (χ0v) is 22.5. The molecule has 208 valence electrons. The standard InChI is InChI=1S/C34H21FN4O4/c35-23-14-10-22(11-15-23)31-37-32-29-27(21-12-16-24(17-13-21)41-18-20-6-2-1-3-7-20)28-30(43-33(29)36-19-39(32)38-31)25-8-4-5-9-26(25)42-34(28)40/h1-17,19,27H,18H2. The third-order valence-corrected chi connectivity index (χ3v) is 7.53. The Bertz CT molecular complexity index is 2190. The molecule has 8 rings (SSSR count). The van der Waals surface area contributed by atoms with E-state index >= 15 is 0 Å². The van der Waals surface area contributed by atoms with E-state index in [-0.39, 0.29) is 5.82 Å². The van der Waals surface area contributed by atoms with Crippen LogP contribution in [-0.4, -0.2) is 19.6 Å². The van der Waals surface area contributed by atoms with Crippen molar-refractivity contribution < 1.29 is 18.3 Å². The van der Waals surface area contributed by atoms with Gasteiger partial charge in [-0.25, -0.2) is 23.7 Å². The number of rotatable bonds is 5. The Morgan fingerprint density at radius 2 is 1.63 bits per heavy atom. The van der Waals surface area contributed by atoms with Gasteiger partial charge in [0.15, 0.2) is 17.2 Å². The van der Waals surface area contributed by atoms with Crippen LogP contribution in [0.15, 0.2) is 119 Å². The van der Waals surface area contributed by atoms with E-state index in [9.17, 15) is 9.18 Å². The molecule has 0 saturated carbocycles. The molecule has 1 aliphatic heterocycles. The first-order chi connectivity index (χ1) is 21.1. The van der Waals surface area contributed by atoms with Gasteiger partial charge in [0.05, 0.1) is 22.4 Å². The van der Waals surface area contributed by atoms with E-state index in [0.29, 0.717) is 63.1 Å². The fraction of sp³-hybridized carbons (Fsp3) is 0.0588. The van der Waals surface area contributed by atoms with Gasteiger partial charge >= 0.3 is 5.63 Å². The first-order valence-corrected chi connectivity index (χ1v) is 13.6. The quantitative estimate of drug-likeness (QED) is 0.209. The lowest BCUT2D eigenvalue weighted by atomic mass is 9.84. The molecular weight excluding hydrogens is 547 g/mol. The third kappa shape index (κ3) is 4.29. The lowest BCUT2D eigenvalue weighted by Crippen LogP contribution is -2.22. The summed E-state index contributed by atoms with van der Waals surface area (Å²) in [4.78, 5) is 23.0. The van der Waals surface area contributed by atoms with E-state index in [4.69, 9.17) is 18.9 Å². The van der Waals surface area contributed by atoms with Crippen LogP contribution >= 0.6 is 0 Å². The summed E-state index contributed by atoms with van der Waals surface area (Å²) < 4.78 is 33.3. The summed E-state index contributed by atoms with van der Waals surface area (Å²) in [6, 6.07) is 30.7. The summed E-state index contributed by atoms with van der Waals surface area (Å²) in [5.74, 6) is 0.779. The van der Waals surface area contributed by atoms with Gasteiger partial charge in [-0.2, -0.15) is 0 Å². The fourth-order valence-corrected chi connectivity index (χ4v) is 5.48. The molecule has 1 unspecified atom stereocenters. The van der Waals surface area contributed by atoms with Gasteiger partial charge in [-0.1, -0.05) is 54.6 Å². The second kappa shape index (κ2) is 9.92. The molecule has 0 spiro atoms. The highest BCUT2D eigenvalue weighted by atomic mass is 19.1. The van der Waals surface area contributed by atoms with E-state index in [1.165, 1.54) is 18.5 Å². The molecule has 0 fully saturated rings. The van der Waals surface area contributed by atoms with Crippen LogP contribution in [0.3, 0.4) is 0 Å². The Labute approximate surface area is 243 Å². The van der Waals surface area contributed by atoms with Gasteiger partial charge in [-0.3, -0.25) is 0 Å². The Morgan fingerprint density at radius 1 is 0.860 bits per heavy atom. The minimum atomic E-state index is -0.635. The SMILES string of the molecule is O=c1oc2ccccc2c2c1C(c1ccc(OCc3ccccc3)cc1)c1c(ncn3nc(-c4ccc(F)cc4)nc13)O2. The number of hydrogen-bond acceptors (Lipinski definition) is 7. The smallest absolute Gasteiger partial charge is 0.344 e. The normalized spacial score (nSPS) is 13.8. The molecule has 0 saturated heterocycles. The highest BCUT2D eigenvalue weighted by Gasteiger charge is 2.37. The van der Waals surface area contributed by atoms with Crippen molar-refractivity contribution in [3.05, 3.63) is 148 Å². The molecule has 8 nitrogen and oxygen atoms in total. The van der Waals surface area contributed by atoms with Crippen molar-refractivity contribution in [2.75, 3.05) is 0 Å². The van der Waals surface area contributed by atoms with Crippen LogP contribution in [0.25, 0.3) is 28.0 Å². The number of aromatic nitrogens is 4. The second-order valence-corrected chi connectivity index (χ2v) is 10.2. The number of para-hydroxylation sites is 1. The lowest BCUT2D eigenvalue weighted by molar-refractivity contribution is 0.306. The first kappa shape index (κ1) is 24.9.